The number of rotatable bonds is 2. The number of aromatic amines is 2. The van der Waals surface area contributed by atoms with Crippen LogP contribution < -0.4 is 0 Å². The van der Waals surface area contributed by atoms with Gasteiger partial charge in [-0.05, 0) is 61.4 Å². The smallest absolute Gasteiger partial charge is 0.356 e. The average Bonchev–Trinajstić information content (AvgIpc) is 3.45. The molecule has 0 radical (unpaired) electrons. The molecule has 4 rings (SSSR count). The molecular weight excluding hydrogens is 551 g/mol. The second kappa shape index (κ2) is 10.7. The Balaban J connectivity index is 0.000000220. The average molecular weight is 577 g/mol. The van der Waals surface area contributed by atoms with E-state index in [4.69, 9.17) is 0 Å². The predicted molar refractivity (Wildman–Crippen MR) is 131 cm³/mol. The van der Waals surface area contributed by atoms with Crippen molar-refractivity contribution < 1.29 is 39.5 Å². The highest BCUT2D eigenvalue weighted by atomic mass is 19.4. The lowest BCUT2D eigenvalue weighted by molar-refractivity contribution is -0.142. The zero-order valence-corrected chi connectivity index (χ0v) is 21.9. The first-order chi connectivity index (χ1) is 18.2. The molecule has 0 saturated heterocycles. The first kappa shape index (κ1) is 30.8. The number of nitrogens with zero attached hydrogens (tertiary/aromatic N) is 2. The Bertz CT molecular complexity index is 1360. The van der Waals surface area contributed by atoms with Gasteiger partial charge in [0.05, 0.1) is 33.9 Å². The van der Waals surface area contributed by atoms with Crippen molar-refractivity contribution in [3.63, 3.8) is 0 Å². The van der Waals surface area contributed by atoms with Gasteiger partial charge in [0, 0.05) is 23.5 Å². The molecule has 0 aliphatic carbocycles. The van der Waals surface area contributed by atoms with E-state index in [9.17, 15) is 39.5 Å². The molecule has 0 fully saturated rings. The topological polar surface area (TPSA) is 57.4 Å². The van der Waals surface area contributed by atoms with E-state index in [0.717, 1.165) is 5.56 Å². The van der Waals surface area contributed by atoms with Crippen molar-refractivity contribution in [3.05, 3.63) is 82.4 Å². The Morgan fingerprint density at radius 2 is 0.925 bits per heavy atom. The number of aryl methyl sites for hydroxylation is 2. The number of halogens is 9. The number of alkyl halides is 9. The van der Waals surface area contributed by atoms with Crippen LogP contribution in [0.5, 0.6) is 0 Å². The van der Waals surface area contributed by atoms with E-state index in [1.54, 1.807) is 24.0 Å². The Hall–Kier alpha value is -3.77. The van der Waals surface area contributed by atoms with E-state index < -0.39 is 41.0 Å². The lowest BCUT2D eigenvalue weighted by atomic mass is 9.92. The van der Waals surface area contributed by atoms with Gasteiger partial charge in [0.15, 0.2) is 0 Å². The third kappa shape index (κ3) is 7.24. The van der Waals surface area contributed by atoms with Crippen molar-refractivity contribution in [1.29, 1.82) is 0 Å². The van der Waals surface area contributed by atoms with Gasteiger partial charge in [-0.2, -0.15) is 39.5 Å². The Morgan fingerprint density at radius 1 is 0.550 bits per heavy atom. The van der Waals surface area contributed by atoms with Crippen LogP contribution in [0.25, 0.3) is 22.8 Å². The molecule has 0 atom stereocenters. The summed E-state index contributed by atoms with van der Waals surface area (Å²) >= 11 is 0. The number of H-pyrrole nitrogens is 2. The first-order valence-electron chi connectivity index (χ1n) is 11.7. The summed E-state index contributed by atoms with van der Waals surface area (Å²) in [6.45, 7) is 9.03. The summed E-state index contributed by atoms with van der Waals surface area (Å²) in [5, 5.41) is 0. The van der Waals surface area contributed by atoms with Crippen LogP contribution >= 0.6 is 0 Å². The summed E-state index contributed by atoms with van der Waals surface area (Å²) in [6.07, 6.45) is -11.4. The van der Waals surface area contributed by atoms with Crippen LogP contribution in [-0.4, -0.2) is 19.9 Å². The van der Waals surface area contributed by atoms with E-state index >= 15 is 0 Å². The highest BCUT2D eigenvalue weighted by molar-refractivity contribution is 5.63. The number of nitrogens with one attached hydrogen (secondary N) is 2. The minimum absolute atomic E-state index is 0.0334. The predicted octanol–water partition coefficient (Wildman–Crippen LogP) is 9.12. The second-order valence-electron chi connectivity index (χ2n) is 10.1. The van der Waals surface area contributed by atoms with Crippen LogP contribution in [0.4, 0.5) is 39.5 Å². The third-order valence-electron chi connectivity index (χ3n) is 5.70. The lowest BCUT2D eigenvalue weighted by Crippen LogP contribution is -2.11. The minimum Gasteiger partial charge on any atom is -0.356 e. The number of hydrogen-bond acceptors (Lipinski definition) is 2. The summed E-state index contributed by atoms with van der Waals surface area (Å²) in [5.74, 6) is 0. The zero-order valence-electron chi connectivity index (χ0n) is 21.9. The van der Waals surface area contributed by atoms with Crippen LogP contribution in [0.1, 0.15) is 54.4 Å². The molecule has 2 N–H and O–H groups in total. The van der Waals surface area contributed by atoms with Gasteiger partial charge in [0.2, 0.25) is 0 Å². The maximum atomic E-state index is 13.2. The molecule has 0 aliphatic heterocycles. The van der Waals surface area contributed by atoms with E-state index in [0.29, 0.717) is 17.0 Å². The Kier molecular flexibility index (Phi) is 8.20. The van der Waals surface area contributed by atoms with Crippen LogP contribution in [0.3, 0.4) is 0 Å². The van der Waals surface area contributed by atoms with E-state index in [1.165, 1.54) is 30.6 Å². The third-order valence-corrected chi connectivity index (χ3v) is 5.70. The summed E-state index contributed by atoms with van der Waals surface area (Å²) in [7, 11) is 0. The van der Waals surface area contributed by atoms with Gasteiger partial charge >= 0.3 is 18.5 Å². The molecule has 0 amide bonds. The fraction of sp³-hybridized carbons (Fsp3) is 0.333. The molecule has 4 heterocycles. The van der Waals surface area contributed by atoms with Gasteiger partial charge < -0.3 is 9.97 Å². The SMILES string of the molecule is Cc1ccnc(-c2[nH]c(C(C)(C)C)cc2C(F)(F)F)c1.Cc1ccnc(-c2[nH]c(C(F)(F)F)cc2C(F)(F)F)c1. The van der Waals surface area contributed by atoms with Crippen molar-refractivity contribution in [3.8, 4) is 22.8 Å². The highest BCUT2D eigenvalue weighted by Gasteiger charge is 2.41. The number of pyridine rings is 2. The molecule has 0 aromatic carbocycles. The molecular formula is C27H25F9N4. The van der Waals surface area contributed by atoms with E-state index in [2.05, 4.69) is 15.0 Å². The zero-order chi connectivity index (χ0) is 30.3. The molecule has 0 aliphatic rings. The molecule has 0 bridgehead atoms. The van der Waals surface area contributed by atoms with Crippen molar-refractivity contribution in [2.45, 2.75) is 58.6 Å². The van der Waals surface area contributed by atoms with Crippen LogP contribution in [0.15, 0.2) is 48.8 Å². The van der Waals surface area contributed by atoms with Crippen molar-refractivity contribution in [2.75, 3.05) is 0 Å². The fourth-order valence-electron chi connectivity index (χ4n) is 3.66. The highest BCUT2D eigenvalue weighted by Crippen LogP contribution is 2.41. The van der Waals surface area contributed by atoms with Crippen LogP contribution in [0, 0.1) is 13.8 Å². The molecule has 0 unspecified atom stereocenters. The van der Waals surface area contributed by atoms with Crippen LogP contribution in [0.2, 0.25) is 0 Å². The number of hydrogen-bond donors (Lipinski definition) is 2. The lowest BCUT2D eigenvalue weighted by Gasteiger charge is -2.16. The fourth-order valence-corrected chi connectivity index (χ4v) is 3.66. The van der Waals surface area contributed by atoms with Gasteiger partial charge in [0.25, 0.3) is 0 Å². The van der Waals surface area contributed by atoms with Gasteiger partial charge in [-0.3, -0.25) is 9.97 Å². The van der Waals surface area contributed by atoms with Gasteiger partial charge in [0.1, 0.15) is 5.69 Å². The maximum Gasteiger partial charge on any atom is 0.431 e. The molecule has 4 aromatic heterocycles. The molecule has 4 aromatic rings. The quantitative estimate of drug-likeness (QED) is 0.234. The molecule has 40 heavy (non-hydrogen) atoms. The van der Waals surface area contributed by atoms with Gasteiger partial charge in [-0.15, -0.1) is 0 Å². The van der Waals surface area contributed by atoms with Crippen LogP contribution in [-0.2, 0) is 23.9 Å². The summed E-state index contributed by atoms with van der Waals surface area (Å²) < 4.78 is 116. The normalized spacial score (nSPS) is 12.8. The Morgan fingerprint density at radius 3 is 1.25 bits per heavy atom. The molecule has 13 heteroatoms. The first-order valence-corrected chi connectivity index (χ1v) is 11.7. The van der Waals surface area contributed by atoms with Crippen molar-refractivity contribution in [2.24, 2.45) is 0 Å². The Labute approximate surface area is 223 Å². The summed E-state index contributed by atoms with van der Waals surface area (Å²) in [6, 6.07) is 7.45. The van der Waals surface area contributed by atoms with E-state index in [1.807, 2.05) is 27.7 Å². The minimum atomic E-state index is -4.90. The monoisotopic (exact) mass is 576 g/mol. The van der Waals surface area contributed by atoms with E-state index in [-0.39, 0.29) is 22.9 Å². The largest absolute Gasteiger partial charge is 0.431 e. The van der Waals surface area contributed by atoms with Gasteiger partial charge in [-0.25, -0.2) is 0 Å². The van der Waals surface area contributed by atoms with Crippen molar-refractivity contribution in [1.82, 2.24) is 19.9 Å². The summed E-state index contributed by atoms with van der Waals surface area (Å²) in [4.78, 5) is 12.4. The summed E-state index contributed by atoms with van der Waals surface area (Å²) in [5.41, 5.74) is -2.42. The molecule has 4 nitrogen and oxygen atoms in total. The molecule has 0 saturated carbocycles. The van der Waals surface area contributed by atoms with Crippen molar-refractivity contribution >= 4 is 0 Å². The molecule has 0 spiro atoms. The number of aromatic nitrogens is 4. The maximum absolute atomic E-state index is 13.2. The standard InChI is InChI=1S/C15H17F3N2.C12H8F6N2/c1-9-5-6-19-11(7-9)13-10(15(16,17)18)8-12(20-13)14(2,3)4;1-6-2-3-19-8(4-6)10-7(11(13,14)15)5-9(20-10)12(16,17)18/h5-8,20H,1-4H3;2-5,20H,1H3. The molecule has 216 valence electrons. The van der Waals surface area contributed by atoms with Gasteiger partial charge in [-0.1, -0.05) is 20.8 Å². The second-order valence-corrected chi connectivity index (χ2v) is 10.1.